The molecular weight excluding hydrogens is 224 g/mol. The van der Waals surface area contributed by atoms with E-state index in [0.717, 1.165) is 5.76 Å². The Morgan fingerprint density at radius 3 is 2.94 bits per heavy atom. The van der Waals surface area contributed by atoms with Crippen LogP contribution in [-0.2, 0) is 9.47 Å². The summed E-state index contributed by atoms with van der Waals surface area (Å²) in [5.41, 5.74) is 0. The molecule has 80 valence electrons. The van der Waals surface area contributed by atoms with Crippen molar-refractivity contribution in [3.05, 3.63) is 11.8 Å². The van der Waals surface area contributed by atoms with E-state index in [1.54, 1.807) is 13.0 Å². The quantitative estimate of drug-likeness (QED) is 0.357. The number of alkyl halides is 1. The van der Waals surface area contributed by atoms with E-state index >= 15 is 0 Å². The molecule has 2 heterocycles. The molecule has 0 radical (unpaired) electrons. The molecular formula is C13H9ClO2. The molecule has 2 aliphatic heterocycles. The van der Waals surface area contributed by atoms with E-state index in [-0.39, 0.29) is 17.6 Å². The minimum Gasteiger partial charge on any atom is -0.493 e. The predicted molar refractivity (Wildman–Crippen MR) is 61.3 cm³/mol. The fourth-order valence-corrected chi connectivity index (χ4v) is 1.63. The smallest absolute Gasteiger partial charge is 0.143 e. The lowest BCUT2D eigenvalue weighted by atomic mass is 10.1. The Bertz CT molecular complexity index is 487. The van der Waals surface area contributed by atoms with Gasteiger partial charge in [0.25, 0.3) is 0 Å². The first-order valence-electron chi connectivity index (χ1n) is 4.87. The lowest BCUT2D eigenvalue weighted by Crippen LogP contribution is -2.24. The third-order valence-corrected chi connectivity index (χ3v) is 2.55. The molecule has 2 saturated heterocycles. The van der Waals surface area contributed by atoms with E-state index in [4.69, 9.17) is 21.1 Å². The zero-order chi connectivity index (χ0) is 11.4. The number of rotatable bonds is 0. The minimum absolute atomic E-state index is 0.00561. The Morgan fingerprint density at radius 1 is 1.31 bits per heavy atom. The molecule has 0 spiro atoms. The molecule has 0 bridgehead atoms. The Hall–Kier alpha value is -1.53. The summed E-state index contributed by atoms with van der Waals surface area (Å²) in [6.07, 6.45) is 1.77. The van der Waals surface area contributed by atoms with Gasteiger partial charge in [0.15, 0.2) is 0 Å². The first-order chi connectivity index (χ1) is 7.83. The Balaban J connectivity index is 1.94. The van der Waals surface area contributed by atoms with Crippen molar-refractivity contribution in [2.45, 2.75) is 24.5 Å². The maximum atomic E-state index is 5.94. The molecule has 2 fully saturated rings. The summed E-state index contributed by atoms with van der Waals surface area (Å²) in [6, 6.07) is 0. The molecule has 2 aliphatic rings. The number of ether oxygens (including phenoxy) is 2. The molecule has 0 aromatic rings. The normalized spacial score (nSPS) is 31.6. The van der Waals surface area contributed by atoms with Crippen LogP contribution in [0.15, 0.2) is 11.8 Å². The molecule has 0 aliphatic carbocycles. The van der Waals surface area contributed by atoms with Crippen LogP contribution in [0.25, 0.3) is 0 Å². The van der Waals surface area contributed by atoms with Gasteiger partial charge in [-0.25, -0.2) is 0 Å². The van der Waals surface area contributed by atoms with Gasteiger partial charge in [0.05, 0.1) is 5.38 Å². The number of hydrogen-bond acceptors (Lipinski definition) is 2. The molecule has 3 atom stereocenters. The fraction of sp³-hybridized carbons (Fsp3) is 0.385. The van der Waals surface area contributed by atoms with Gasteiger partial charge in [-0.15, -0.1) is 11.6 Å². The summed E-state index contributed by atoms with van der Waals surface area (Å²) >= 11 is 5.94. The van der Waals surface area contributed by atoms with Gasteiger partial charge in [0, 0.05) is 6.08 Å². The van der Waals surface area contributed by atoms with Gasteiger partial charge >= 0.3 is 0 Å². The van der Waals surface area contributed by atoms with E-state index in [1.807, 2.05) is 0 Å². The van der Waals surface area contributed by atoms with Crippen molar-refractivity contribution in [1.29, 1.82) is 0 Å². The van der Waals surface area contributed by atoms with Crippen LogP contribution < -0.4 is 0 Å². The standard InChI is InChI=1S/C13H9ClO2/c1-2-3-4-5-6-7-8-11-13-12(16-13)10(14)9-15-11/h8,10,12-13H,9H2,1H3/b11-8-/t10-,12+,13-/m1/s1. The van der Waals surface area contributed by atoms with Gasteiger partial charge < -0.3 is 9.47 Å². The summed E-state index contributed by atoms with van der Waals surface area (Å²) in [7, 11) is 0. The van der Waals surface area contributed by atoms with Gasteiger partial charge in [-0.3, -0.25) is 0 Å². The summed E-state index contributed by atoms with van der Waals surface area (Å²) in [4.78, 5) is 0. The third-order valence-electron chi connectivity index (χ3n) is 2.17. The highest BCUT2D eigenvalue weighted by Gasteiger charge is 2.51. The van der Waals surface area contributed by atoms with Crippen LogP contribution >= 0.6 is 11.6 Å². The van der Waals surface area contributed by atoms with Crippen LogP contribution in [0.1, 0.15) is 6.92 Å². The van der Waals surface area contributed by atoms with Crippen LogP contribution in [0.4, 0.5) is 0 Å². The van der Waals surface area contributed by atoms with Gasteiger partial charge in [-0.1, -0.05) is 11.8 Å². The number of fused-ring (bicyclic) bond motifs is 1. The molecule has 0 saturated carbocycles. The largest absolute Gasteiger partial charge is 0.493 e. The zero-order valence-electron chi connectivity index (χ0n) is 8.71. The first-order valence-corrected chi connectivity index (χ1v) is 5.31. The van der Waals surface area contributed by atoms with Crippen LogP contribution in [0.3, 0.4) is 0 Å². The lowest BCUT2D eigenvalue weighted by Gasteiger charge is -2.15. The molecule has 0 amide bonds. The van der Waals surface area contributed by atoms with Crippen LogP contribution in [-0.4, -0.2) is 24.2 Å². The van der Waals surface area contributed by atoms with E-state index in [2.05, 4.69) is 35.5 Å². The van der Waals surface area contributed by atoms with Crippen molar-refractivity contribution >= 4 is 11.6 Å². The minimum atomic E-state index is -0.0465. The fourth-order valence-electron chi connectivity index (χ4n) is 1.37. The van der Waals surface area contributed by atoms with Crippen LogP contribution in [0.5, 0.6) is 0 Å². The maximum Gasteiger partial charge on any atom is 0.143 e. The molecule has 2 nitrogen and oxygen atoms in total. The van der Waals surface area contributed by atoms with Gasteiger partial charge in [0.2, 0.25) is 0 Å². The maximum absolute atomic E-state index is 5.94. The van der Waals surface area contributed by atoms with Crippen LogP contribution in [0.2, 0.25) is 0 Å². The molecule has 2 rings (SSSR count). The average molecular weight is 233 g/mol. The molecule has 0 aromatic heterocycles. The van der Waals surface area contributed by atoms with E-state index in [0.29, 0.717) is 6.61 Å². The SMILES string of the molecule is CC#CC#CC#C/C=C1\OC[C@@H](Cl)[C@@H]2O[C@H]12. The van der Waals surface area contributed by atoms with Crippen molar-refractivity contribution in [1.82, 2.24) is 0 Å². The van der Waals surface area contributed by atoms with E-state index in [1.165, 1.54) is 0 Å². The van der Waals surface area contributed by atoms with Gasteiger partial charge in [-0.2, -0.15) is 0 Å². The molecule has 3 heteroatoms. The Morgan fingerprint density at radius 2 is 2.12 bits per heavy atom. The number of halogens is 1. The lowest BCUT2D eigenvalue weighted by molar-refractivity contribution is 0.185. The van der Waals surface area contributed by atoms with Gasteiger partial charge in [-0.05, 0) is 30.6 Å². The van der Waals surface area contributed by atoms with Crippen molar-refractivity contribution in [2.75, 3.05) is 6.61 Å². The summed E-state index contributed by atoms with van der Waals surface area (Å²) < 4.78 is 10.7. The number of allylic oxidation sites excluding steroid dienone is 1. The molecule has 0 aromatic carbocycles. The second kappa shape index (κ2) is 5.00. The van der Waals surface area contributed by atoms with Crippen molar-refractivity contribution < 1.29 is 9.47 Å². The topological polar surface area (TPSA) is 21.8 Å². The molecule has 0 N–H and O–H groups in total. The van der Waals surface area contributed by atoms with Crippen LogP contribution in [0, 0.1) is 35.5 Å². The third kappa shape index (κ3) is 2.53. The highest BCUT2D eigenvalue weighted by Crippen LogP contribution is 2.38. The predicted octanol–water partition coefficient (Wildman–Crippen LogP) is 1.31. The number of epoxide rings is 1. The summed E-state index contributed by atoms with van der Waals surface area (Å²) in [5, 5.41) is -0.0465. The highest BCUT2D eigenvalue weighted by molar-refractivity contribution is 6.21. The van der Waals surface area contributed by atoms with E-state index in [9.17, 15) is 0 Å². The van der Waals surface area contributed by atoms with Crippen molar-refractivity contribution in [3.63, 3.8) is 0 Å². The summed E-state index contributed by atoms with van der Waals surface area (Å²) in [6.45, 7) is 2.20. The first kappa shape index (κ1) is 11.0. The highest BCUT2D eigenvalue weighted by atomic mass is 35.5. The molecule has 0 unspecified atom stereocenters. The van der Waals surface area contributed by atoms with E-state index < -0.39 is 0 Å². The second-order valence-corrected chi connectivity index (χ2v) is 3.85. The Labute approximate surface area is 99.9 Å². The summed E-state index contributed by atoms with van der Waals surface area (Å²) in [5.74, 6) is 16.7. The van der Waals surface area contributed by atoms with Gasteiger partial charge in [0.1, 0.15) is 24.6 Å². The molecule has 16 heavy (non-hydrogen) atoms. The van der Waals surface area contributed by atoms with Crippen molar-refractivity contribution in [2.24, 2.45) is 0 Å². The zero-order valence-corrected chi connectivity index (χ0v) is 9.47. The number of hydrogen-bond donors (Lipinski definition) is 0. The Kier molecular flexibility index (Phi) is 3.43. The van der Waals surface area contributed by atoms with Crippen molar-refractivity contribution in [3.8, 4) is 35.5 Å². The average Bonchev–Trinajstić information content (AvgIpc) is 3.07. The monoisotopic (exact) mass is 232 g/mol. The second-order valence-electron chi connectivity index (χ2n) is 3.29.